The summed E-state index contributed by atoms with van der Waals surface area (Å²) in [7, 11) is 0.346. The monoisotopic (exact) mass is 520 g/mol. The number of sulfonamides is 1. The molecule has 2 aliphatic carbocycles. The van der Waals surface area contributed by atoms with E-state index in [-0.39, 0.29) is 27.6 Å². The van der Waals surface area contributed by atoms with Crippen molar-refractivity contribution in [3.05, 3.63) is 45.9 Å². The number of hydrogen-bond donors (Lipinski definition) is 1. The predicted octanol–water partition coefficient (Wildman–Crippen LogP) is 4.52. The van der Waals surface area contributed by atoms with Gasteiger partial charge >= 0.3 is 0 Å². The molecule has 1 N–H and O–H groups in total. The fourth-order valence-corrected chi connectivity index (χ4v) is 6.25. The summed E-state index contributed by atoms with van der Waals surface area (Å²) in [6.45, 7) is 0. The van der Waals surface area contributed by atoms with Gasteiger partial charge in [0.2, 0.25) is 0 Å². The van der Waals surface area contributed by atoms with Crippen LogP contribution in [-0.4, -0.2) is 34.9 Å². The number of anilines is 1. The van der Waals surface area contributed by atoms with E-state index in [1.807, 2.05) is 6.07 Å². The first-order chi connectivity index (χ1) is 15.3. The highest BCUT2D eigenvalue weighted by atomic mass is 79.9. The summed E-state index contributed by atoms with van der Waals surface area (Å²) in [5, 5.41) is 4.09. The second-order valence-electron chi connectivity index (χ2n) is 7.93. The Morgan fingerprint density at radius 3 is 2.31 bits per heavy atom. The first-order valence-electron chi connectivity index (χ1n) is 9.94. The van der Waals surface area contributed by atoms with E-state index >= 15 is 0 Å². The summed E-state index contributed by atoms with van der Waals surface area (Å²) >= 11 is 3.57. The number of benzene rings is 2. The fourth-order valence-electron chi connectivity index (χ4n) is 4.39. The Balaban J connectivity index is 1.60. The number of nitrogens with one attached hydrogen (secondary N) is 1. The average Bonchev–Trinajstić information content (AvgIpc) is 3.46. The van der Waals surface area contributed by atoms with Crippen LogP contribution in [0.15, 0.2) is 44.2 Å². The third-order valence-corrected chi connectivity index (χ3v) is 8.17. The van der Waals surface area contributed by atoms with Gasteiger partial charge in [0.05, 0.1) is 25.8 Å². The number of nitrogens with zero attached hydrogens (tertiary/aromatic N) is 1. The van der Waals surface area contributed by atoms with Crippen LogP contribution >= 0.6 is 15.9 Å². The van der Waals surface area contributed by atoms with Crippen LogP contribution in [0.4, 0.5) is 5.82 Å². The third kappa shape index (κ3) is 3.15. The van der Waals surface area contributed by atoms with Crippen molar-refractivity contribution in [2.45, 2.75) is 29.6 Å². The highest BCUT2D eigenvalue weighted by Gasteiger charge is 2.51. The lowest BCUT2D eigenvalue weighted by Gasteiger charge is -2.25. The Hall–Kier alpha value is -2.72. The lowest BCUT2D eigenvalue weighted by molar-refractivity contribution is 0.373. The van der Waals surface area contributed by atoms with E-state index in [1.54, 1.807) is 25.3 Å². The minimum atomic E-state index is -4.07. The van der Waals surface area contributed by atoms with Crippen molar-refractivity contribution in [3.8, 4) is 28.6 Å². The molecule has 0 unspecified atom stereocenters. The van der Waals surface area contributed by atoms with Crippen molar-refractivity contribution in [1.82, 2.24) is 5.16 Å². The number of fused-ring (bicyclic) bond motifs is 4. The van der Waals surface area contributed by atoms with Gasteiger partial charge in [-0.1, -0.05) is 11.2 Å². The van der Waals surface area contributed by atoms with Gasteiger partial charge in [-0.2, -0.15) is 0 Å². The van der Waals surface area contributed by atoms with Crippen LogP contribution in [0, 0.1) is 0 Å². The maximum Gasteiger partial charge on any atom is 0.270 e. The Morgan fingerprint density at radius 2 is 1.72 bits per heavy atom. The van der Waals surface area contributed by atoms with E-state index in [9.17, 15) is 8.42 Å². The van der Waals surface area contributed by atoms with E-state index in [2.05, 4.69) is 31.9 Å². The maximum absolute atomic E-state index is 13.3. The Bertz CT molecular complexity index is 1310. The van der Waals surface area contributed by atoms with E-state index < -0.39 is 10.0 Å². The molecule has 0 aliphatic heterocycles. The molecular weight excluding hydrogens is 500 g/mol. The highest BCUT2D eigenvalue weighted by Crippen LogP contribution is 2.59. The normalized spacial score (nSPS) is 15.6. The van der Waals surface area contributed by atoms with Crippen molar-refractivity contribution in [2.75, 3.05) is 26.1 Å². The van der Waals surface area contributed by atoms with Crippen LogP contribution in [-0.2, 0) is 21.9 Å². The summed E-state index contributed by atoms with van der Waals surface area (Å²) in [6, 6.07) is 8.76. The molecule has 3 aromatic rings. The summed E-state index contributed by atoms with van der Waals surface area (Å²) in [5.74, 6) is 1.74. The molecule has 1 heterocycles. The molecule has 10 heteroatoms. The van der Waals surface area contributed by atoms with E-state index in [0.29, 0.717) is 17.9 Å². The molecule has 1 saturated carbocycles. The molecule has 0 saturated heterocycles. The van der Waals surface area contributed by atoms with Gasteiger partial charge in [-0.05, 0) is 65.0 Å². The van der Waals surface area contributed by atoms with Crippen LogP contribution in [0.1, 0.15) is 24.0 Å². The van der Waals surface area contributed by atoms with Crippen molar-refractivity contribution < 1.29 is 27.2 Å². The zero-order valence-electron chi connectivity index (χ0n) is 17.7. The number of ether oxygens (including phenoxy) is 3. The molecule has 8 nitrogen and oxygen atoms in total. The van der Waals surface area contributed by atoms with Gasteiger partial charge in [0, 0.05) is 16.5 Å². The zero-order chi connectivity index (χ0) is 22.7. The van der Waals surface area contributed by atoms with Crippen molar-refractivity contribution in [2.24, 2.45) is 0 Å². The molecule has 2 aliphatic rings. The molecule has 1 fully saturated rings. The maximum atomic E-state index is 13.3. The van der Waals surface area contributed by atoms with Crippen LogP contribution in [0.2, 0.25) is 0 Å². The van der Waals surface area contributed by atoms with Gasteiger partial charge in [0.1, 0.15) is 17.2 Å². The Labute approximate surface area is 194 Å². The van der Waals surface area contributed by atoms with Crippen LogP contribution < -0.4 is 18.9 Å². The zero-order valence-corrected chi connectivity index (χ0v) is 20.1. The van der Waals surface area contributed by atoms with E-state index in [0.717, 1.165) is 34.0 Å². The fraction of sp³-hybridized carbons (Fsp3) is 0.318. The van der Waals surface area contributed by atoms with Crippen LogP contribution in [0.25, 0.3) is 11.3 Å². The number of aromatic nitrogens is 1. The second-order valence-corrected chi connectivity index (χ2v) is 10.4. The summed E-state index contributed by atoms with van der Waals surface area (Å²) in [5.41, 5.74) is 2.72. The van der Waals surface area contributed by atoms with Crippen molar-refractivity contribution >= 4 is 31.8 Å². The first kappa shape index (κ1) is 21.1. The van der Waals surface area contributed by atoms with Gasteiger partial charge < -0.3 is 18.7 Å². The summed E-state index contributed by atoms with van der Waals surface area (Å²) < 4.78 is 51.8. The molecule has 168 valence electrons. The third-order valence-electron chi connectivity index (χ3n) is 6.15. The van der Waals surface area contributed by atoms with Crippen molar-refractivity contribution in [1.29, 1.82) is 0 Å². The van der Waals surface area contributed by atoms with E-state index in [4.69, 9.17) is 18.7 Å². The largest absolute Gasteiger partial charge is 0.496 e. The smallest absolute Gasteiger partial charge is 0.270 e. The Morgan fingerprint density at radius 1 is 1.06 bits per heavy atom. The molecule has 2 aromatic carbocycles. The molecule has 0 atom stereocenters. The second kappa shape index (κ2) is 7.41. The molecule has 5 rings (SSSR count). The highest BCUT2D eigenvalue weighted by molar-refractivity contribution is 9.10. The molecule has 1 spiro atoms. The lowest BCUT2D eigenvalue weighted by atomic mass is 9.79. The summed E-state index contributed by atoms with van der Waals surface area (Å²) in [6.07, 6.45) is 2.66. The molecule has 0 radical (unpaired) electrons. The number of rotatable bonds is 6. The van der Waals surface area contributed by atoms with Crippen LogP contribution in [0.3, 0.4) is 0 Å². The summed E-state index contributed by atoms with van der Waals surface area (Å²) in [4.78, 5) is -0.0929. The SMILES string of the molecule is COc1cc2c(cc1Br)C1(CC1)Cc1c(NS(=O)(=O)c3c(OC)cccc3OC)noc1-2. The lowest BCUT2D eigenvalue weighted by Crippen LogP contribution is -2.20. The predicted molar refractivity (Wildman–Crippen MR) is 121 cm³/mol. The minimum absolute atomic E-state index is 0.0506. The molecule has 32 heavy (non-hydrogen) atoms. The van der Waals surface area contributed by atoms with Crippen molar-refractivity contribution in [3.63, 3.8) is 0 Å². The first-order valence-corrected chi connectivity index (χ1v) is 12.2. The van der Waals surface area contributed by atoms with Gasteiger partial charge in [-0.3, -0.25) is 4.72 Å². The average molecular weight is 521 g/mol. The number of halogens is 1. The number of hydrogen-bond acceptors (Lipinski definition) is 7. The standard InChI is InChI=1S/C22H21BrN2O6S/c1-28-16-5-4-6-17(29-2)20(16)32(26,27)25-21-13-11-22(7-8-22)14-10-15(23)18(30-3)9-12(14)19(13)31-24-21/h4-6,9-10H,7-8,11H2,1-3H3,(H,24,25). The molecular formula is C22H21BrN2O6S. The van der Waals surface area contributed by atoms with Gasteiger partial charge in [0.25, 0.3) is 10.0 Å². The molecule has 0 bridgehead atoms. The van der Waals surface area contributed by atoms with Gasteiger partial charge in [0.15, 0.2) is 16.5 Å². The minimum Gasteiger partial charge on any atom is -0.496 e. The molecule has 0 amide bonds. The Kier molecular flexibility index (Phi) is 4.90. The topological polar surface area (TPSA) is 99.9 Å². The van der Waals surface area contributed by atoms with Gasteiger partial charge in [-0.25, -0.2) is 8.42 Å². The number of methoxy groups -OCH3 is 3. The molecule has 1 aromatic heterocycles. The van der Waals surface area contributed by atoms with Crippen LogP contribution in [0.5, 0.6) is 17.2 Å². The quantitative estimate of drug-likeness (QED) is 0.509. The van der Waals surface area contributed by atoms with Gasteiger partial charge in [-0.15, -0.1) is 0 Å². The van der Waals surface area contributed by atoms with E-state index in [1.165, 1.54) is 14.2 Å².